The lowest BCUT2D eigenvalue weighted by atomic mass is 10.2. The molecule has 118 valence electrons. The molecular formula is C16H14N2O4S. The van der Waals surface area contributed by atoms with Gasteiger partial charge < -0.3 is 13.6 Å². The summed E-state index contributed by atoms with van der Waals surface area (Å²) in [5.41, 5.74) is 1.70. The molecule has 6 nitrogen and oxygen atoms in total. The number of hydrogen-bond donors (Lipinski definition) is 0. The molecule has 0 N–H and O–H groups in total. The third kappa shape index (κ3) is 3.75. The Morgan fingerprint density at radius 2 is 2.22 bits per heavy atom. The van der Waals surface area contributed by atoms with E-state index in [0.717, 1.165) is 16.9 Å². The van der Waals surface area contributed by atoms with Crippen molar-refractivity contribution in [2.24, 2.45) is 0 Å². The van der Waals surface area contributed by atoms with Crippen LogP contribution in [-0.2, 0) is 16.1 Å². The van der Waals surface area contributed by atoms with Crippen molar-refractivity contribution in [3.8, 4) is 11.5 Å². The van der Waals surface area contributed by atoms with Crippen LogP contribution in [0.4, 0.5) is 0 Å². The average Bonchev–Trinajstić information content (AvgIpc) is 3.24. The minimum absolute atomic E-state index is 0.0737. The summed E-state index contributed by atoms with van der Waals surface area (Å²) < 4.78 is 16.0. The minimum atomic E-state index is -0.466. The summed E-state index contributed by atoms with van der Waals surface area (Å²) >= 11 is 1.56. The van der Waals surface area contributed by atoms with E-state index in [1.807, 2.05) is 36.7 Å². The van der Waals surface area contributed by atoms with Crippen LogP contribution in [0.3, 0.4) is 0 Å². The van der Waals surface area contributed by atoms with E-state index in [2.05, 4.69) is 10.2 Å². The van der Waals surface area contributed by atoms with E-state index < -0.39 is 5.97 Å². The second-order valence-electron chi connectivity index (χ2n) is 4.83. The highest BCUT2D eigenvalue weighted by molar-refractivity contribution is 7.08. The second-order valence-corrected chi connectivity index (χ2v) is 5.61. The van der Waals surface area contributed by atoms with Crippen molar-refractivity contribution < 1.29 is 18.4 Å². The predicted octanol–water partition coefficient (Wildman–Crippen LogP) is 3.76. The van der Waals surface area contributed by atoms with Gasteiger partial charge in [0, 0.05) is 6.08 Å². The van der Waals surface area contributed by atoms with Crippen LogP contribution in [-0.4, -0.2) is 16.2 Å². The lowest BCUT2D eigenvalue weighted by Crippen LogP contribution is -2.00. The molecule has 0 bridgehead atoms. The molecule has 0 saturated heterocycles. The van der Waals surface area contributed by atoms with Crippen LogP contribution in [0.1, 0.15) is 23.0 Å². The molecule has 0 saturated carbocycles. The monoisotopic (exact) mass is 330 g/mol. The minimum Gasteiger partial charge on any atom is -0.466 e. The second kappa shape index (κ2) is 6.62. The van der Waals surface area contributed by atoms with Crippen LogP contribution < -0.4 is 0 Å². The maximum absolute atomic E-state index is 11.6. The zero-order valence-corrected chi connectivity index (χ0v) is 13.4. The molecule has 0 amide bonds. The molecule has 0 unspecified atom stereocenters. The van der Waals surface area contributed by atoms with Crippen LogP contribution >= 0.6 is 11.3 Å². The average molecular weight is 330 g/mol. The van der Waals surface area contributed by atoms with Gasteiger partial charge in [-0.15, -0.1) is 10.2 Å². The Morgan fingerprint density at radius 3 is 2.91 bits per heavy atom. The molecule has 0 fully saturated rings. The summed E-state index contributed by atoms with van der Waals surface area (Å²) in [5.74, 6) is 1.58. The van der Waals surface area contributed by atoms with Gasteiger partial charge in [-0.25, -0.2) is 4.79 Å². The summed E-state index contributed by atoms with van der Waals surface area (Å²) in [6, 6.07) is 3.73. The van der Waals surface area contributed by atoms with Crippen LogP contribution in [0, 0.1) is 13.8 Å². The summed E-state index contributed by atoms with van der Waals surface area (Å²) in [7, 11) is 0. The number of aromatic nitrogens is 2. The number of ether oxygens (including phenoxy) is 1. The Bertz CT molecular complexity index is 830. The fraction of sp³-hybridized carbons (Fsp3) is 0.188. The zero-order chi connectivity index (χ0) is 16.2. The summed E-state index contributed by atoms with van der Waals surface area (Å²) in [5, 5.41) is 11.7. The van der Waals surface area contributed by atoms with Crippen LogP contribution in [0.15, 0.2) is 37.8 Å². The number of carbonyl (C=O) groups is 1. The molecule has 0 atom stereocenters. The SMILES string of the molecule is Cc1cc(-c2nnc(COC(=O)/C=C/c3ccsc3)o2)c(C)o1. The Balaban J connectivity index is 1.59. The van der Waals surface area contributed by atoms with Crippen molar-refractivity contribution in [1.29, 1.82) is 0 Å². The van der Waals surface area contributed by atoms with E-state index >= 15 is 0 Å². The number of nitrogens with zero attached hydrogens (tertiary/aromatic N) is 2. The normalized spacial score (nSPS) is 11.2. The molecule has 0 spiro atoms. The van der Waals surface area contributed by atoms with Gasteiger partial charge in [0.2, 0.25) is 0 Å². The highest BCUT2D eigenvalue weighted by Crippen LogP contribution is 2.25. The highest BCUT2D eigenvalue weighted by atomic mass is 32.1. The van der Waals surface area contributed by atoms with Gasteiger partial charge in [-0.05, 0) is 48.4 Å². The van der Waals surface area contributed by atoms with Crippen molar-refractivity contribution in [3.63, 3.8) is 0 Å². The molecule has 3 rings (SSSR count). The largest absolute Gasteiger partial charge is 0.466 e. The molecule has 0 aliphatic carbocycles. The predicted molar refractivity (Wildman–Crippen MR) is 84.6 cm³/mol. The van der Waals surface area contributed by atoms with Crippen molar-refractivity contribution in [2.75, 3.05) is 0 Å². The van der Waals surface area contributed by atoms with E-state index in [4.69, 9.17) is 13.6 Å². The Kier molecular flexibility index (Phi) is 4.38. The summed E-state index contributed by atoms with van der Waals surface area (Å²) in [6.07, 6.45) is 3.05. The van der Waals surface area contributed by atoms with E-state index in [1.165, 1.54) is 6.08 Å². The van der Waals surface area contributed by atoms with Gasteiger partial charge in [0.05, 0.1) is 5.56 Å². The topological polar surface area (TPSA) is 78.4 Å². The maximum Gasteiger partial charge on any atom is 0.331 e. The Labute approximate surface area is 136 Å². The first-order valence-corrected chi connectivity index (χ1v) is 7.83. The maximum atomic E-state index is 11.6. The smallest absolute Gasteiger partial charge is 0.331 e. The molecule has 3 aromatic rings. The number of hydrogen-bond acceptors (Lipinski definition) is 7. The molecule has 3 aromatic heterocycles. The van der Waals surface area contributed by atoms with E-state index in [9.17, 15) is 4.79 Å². The van der Waals surface area contributed by atoms with Crippen molar-refractivity contribution in [3.05, 3.63) is 51.9 Å². The zero-order valence-electron chi connectivity index (χ0n) is 12.6. The number of furan rings is 1. The van der Waals surface area contributed by atoms with E-state index in [-0.39, 0.29) is 12.5 Å². The van der Waals surface area contributed by atoms with Gasteiger partial charge in [-0.1, -0.05) is 0 Å². The van der Waals surface area contributed by atoms with Gasteiger partial charge in [-0.3, -0.25) is 0 Å². The quantitative estimate of drug-likeness (QED) is 0.523. The molecule has 0 aliphatic heterocycles. The third-order valence-electron chi connectivity index (χ3n) is 3.03. The first-order valence-electron chi connectivity index (χ1n) is 6.88. The first kappa shape index (κ1) is 15.2. The molecule has 23 heavy (non-hydrogen) atoms. The van der Waals surface area contributed by atoms with Gasteiger partial charge in [0.25, 0.3) is 11.8 Å². The van der Waals surface area contributed by atoms with E-state index in [0.29, 0.717) is 11.7 Å². The first-order chi connectivity index (χ1) is 11.1. The third-order valence-corrected chi connectivity index (χ3v) is 3.73. The standard InChI is InChI=1S/C16H14N2O4S/c1-10-7-13(11(2)21-10)16-18-17-14(22-16)8-20-15(19)4-3-12-5-6-23-9-12/h3-7,9H,8H2,1-2H3/b4-3+. The van der Waals surface area contributed by atoms with Crippen molar-refractivity contribution >= 4 is 23.4 Å². The number of rotatable bonds is 5. The molecule has 0 aromatic carbocycles. The van der Waals surface area contributed by atoms with Gasteiger partial charge >= 0.3 is 5.97 Å². The molecule has 0 radical (unpaired) electrons. The Hall–Kier alpha value is -2.67. The van der Waals surface area contributed by atoms with Gasteiger partial charge in [-0.2, -0.15) is 11.3 Å². The van der Waals surface area contributed by atoms with Crippen molar-refractivity contribution in [1.82, 2.24) is 10.2 Å². The summed E-state index contributed by atoms with van der Waals surface area (Å²) in [6.45, 7) is 3.59. The van der Waals surface area contributed by atoms with Gasteiger partial charge in [0.1, 0.15) is 11.5 Å². The lowest BCUT2D eigenvalue weighted by Gasteiger charge is -1.96. The van der Waals surface area contributed by atoms with Gasteiger partial charge in [0.15, 0.2) is 6.61 Å². The number of carbonyl (C=O) groups excluding carboxylic acids is 1. The fourth-order valence-corrected chi connectivity index (χ4v) is 2.61. The van der Waals surface area contributed by atoms with Crippen LogP contribution in [0.5, 0.6) is 0 Å². The van der Waals surface area contributed by atoms with Crippen LogP contribution in [0.25, 0.3) is 17.5 Å². The summed E-state index contributed by atoms with van der Waals surface area (Å²) in [4.78, 5) is 11.6. The molecule has 0 aliphatic rings. The number of aryl methyl sites for hydroxylation is 2. The fourth-order valence-electron chi connectivity index (χ4n) is 1.98. The highest BCUT2D eigenvalue weighted by Gasteiger charge is 2.15. The van der Waals surface area contributed by atoms with Crippen LogP contribution in [0.2, 0.25) is 0 Å². The molecule has 3 heterocycles. The number of esters is 1. The van der Waals surface area contributed by atoms with E-state index in [1.54, 1.807) is 17.4 Å². The van der Waals surface area contributed by atoms with Crippen molar-refractivity contribution in [2.45, 2.75) is 20.5 Å². The molecule has 7 heteroatoms. The Morgan fingerprint density at radius 1 is 1.35 bits per heavy atom. The number of thiophene rings is 1. The lowest BCUT2D eigenvalue weighted by molar-refractivity contribution is -0.139. The molecular weight excluding hydrogens is 316 g/mol.